The van der Waals surface area contributed by atoms with Crippen LogP contribution in [0.3, 0.4) is 0 Å². The monoisotopic (exact) mass is 619 g/mol. The zero-order valence-electron chi connectivity index (χ0n) is 29.1. The summed E-state index contributed by atoms with van der Waals surface area (Å²) in [6, 6.07) is 31.9. The van der Waals surface area contributed by atoms with Crippen LogP contribution in [0.5, 0.6) is 0 Å². The first-order valence-corrected chi connectivity index (χ1v) is 17.9. The SMILES string of the molecule is CCCCN(CCCC)c1ccc(C(c2ccc(N(CCC#N)CCC#N)cc2)c2ccc(N(CCCC)CCCC)cc2)cc1. The highest BCUT2D eigenvalue weighted by atomic mass is 15.1. The first kappa shape index (κ1) is 36.5. The topological polar surface area (TPSA) is 57.3 Å². The van der Waals surface area contributed by atoms with Crippen LogP contribution in [0.2, 0.25) is 0 Å². The molecule has 0 N–H and O–H groups in total. The normalized spacial score (nSPS) is 10.8. The Bertz CT molecular complexity index is 1220. The highest BCUT2D eigenvalue weighted by Gasteiger charge is 2.19. The molecule has 246 valence electrons. The van der Waals surface area contributed by atoms with Crippen molar-refractivity contribution in [3.63, 3.8) is 0 Å². The molecule has 46 heavy (non-hydrogen) atoms. The first-order valence-electron chi connectivity index (χ1n) is 17.9. The van der Waals surface area contributed by atoms with Crippen molar-refractivity contribution in [2.75, 3.05) is 54.0 Å². The first-order chi connectivity index (χ1) is 22.6. The Balaban J connectivity index is 1.99. The Labute approximate surface area is 280 Å². The fourth-order valence-corrected chi connectivity index (χ4v) is 6.09. The molecule has 0 bridgehead atoms. The van der Waals surface area contributed by atoms with E-state index in [1.807, 2.05) is 0 Å². The quantitative estimate of drug-likeness (QED) is 0.105. The van der Waals surface area contributed by atoms with Crippen LogP contribution in [0.25, 0.3) is 0 Å². The van der Waals surface area contributed by atoms with E-state index in [2.05, 4.69) is 127 Å². The van der Waals surface area contributed by atoms with E-state index in [0.29, 0.717) is 25.9 Å². The Morgan fingerprint density at radius 1 is 0.435 bits per heavy atom. The van der Waals surface area contributed by atoms with Gasteiger partial charge in [-0.05, 0) is 78.8 Å². The molecule has 3 aromatic carbocycles. The standard InChI is InChI=1S/C41H57N5/c1-5-9-29-44(30-10-6-2)38-21-15-35(16-22-38)41(36-17-23-39(24-18-36)45(31-11-7-3)32-12-8-4)37-19-25-40(26-20-37)46(33-13-27-42)34-14-28-43/h15-26,41H,5-14,29-34H2,1-4H3. The van der Waals surface area contributed by atoms with Crippen molar-refractivity contribution in [1.82, 2.24) is 0 Å². The van der Waals surface area contributed by atoms with Gasteiger partial charge in [-0.25, -0.2) is 0 Å². The van der Waals surface area contributed by atoms with Crippen LogP contribution in [0.1, 0.15) is 115 Å². The van der Waals surface area contributed by atoms with E-state index in [1.165, 1.54) is 79.4 Å². The number of unbranched alkanes of at least 4 members (excludes halogenated alkanes) is 4. The predicted octanol–water partition coefficient (Wildman–Crippen LogP) is 10.3. The third-order valence-corrected chi connectivity index (χ3v) is 8.89. The van der Waals surface area contributed by atoms with Crippen LogP contribution in [0.4, 0.5) is 17.1 Å². The van der Waals surface area contributed by atoms with Crippen LogP contribution < -0.4 is 14.7 Å². The fraction of sp³-hybridized carbons (Fsp3) is 0.512. The lowest BCUT2D eigenvalue weighted by Gasteiger charge is -2.27. The van der Waals surface area contributed by atoms with E-state index >= 15 is 0 Å². The maximum atomic E-state index is 9.19. The summed E-state index contributed by atoms with van der Waals surface area (Å²) >= 11 is 0. The Hall–Kier alpha value is -3.96. The molecule has 0 saturated heterocycles. The summed E-state index contributed by atoms with van der Waals surface area (Å²) in [5.41, 5.74) is 7.49. The molecule has 0 fully saturated rings. The van der Waals surface area contributed by atoms with Gasteiger partial charge in [-0.15, -0.1) is 0 Å². The lowest BCUT2D eigenvalue weighted by atomic mass is 9.85. The summed E-state index contributed by atoms with van der Waals surface area (Å²) in [5, 5.41) is 18.4. The van der Waals surface area contributed by atoms with Gasteiger partial charge in [-0.3, -0.25) is 0 Å². The molecule has 0 heterocycles. The lowest BCUT2D eigenvalue weighted by Crippen LogP contribution is -2.25. The molecule has 0 saturated carbocycles. The average Bonchev–Trinajstić information content (AvgIpc) is 3.10. The van der Waals surface area contributed by atoms with E-state index in [1.54, 1.807) is 0 Å². The molecule has 0 atom stereocenters. The van der Waals surface area contributed by atoms with E-state index in [-0.39, 0.29) is 5.92 Å². The summed E-state index contributed by atoms with van der Waals surface area (Å²) in [4.78, 5) is 7.25. The molecule has 0 amide bonds. The van der Waals surface area contributed by atoms with Crippen molar-refractivity contribution in [3.05, 3.63) is 89.5 Å². The van der Waals surface area contributed by atoms with Crippen molar-refractivity contribution >= 4 is 17.1 Å². The highest BCUT2D eigenvalue weighted by Crippen LogP contribution is 2.35. The van der Waals surface area contributed by atoms with Gasteiger partial charge in [0, 0.05) is 62.2 Å². The number of anilines is 3. The molecule has 0 aromatic heterocycles. The molecule has 5 nitrogen and oxygen atoms in total. The minimum absolute atomic E-state index is 0.100. The molecule has 0 aliphatic rings. The van der Waals surface area contributed by atoms with Gasteiger partial charge in [0.05, 0.1) is 25.0 Å². The van der Waals surface area contributed by atoms with E-state index in [9.17, 15) is 10.5 Å². The minimum Gasteiger partial charge on any atom is -0.372 e. The van der Waals surface area contributed by atoms with Gasteiger partial charge in [-0.1, -0.05) is 89.8 Å². The van der Waals surface area contributed by atoms with Gasteiger partial charge in [-0.2, -0.15) is 10.5 Å². The highest BCUT2D eigenvalue weighted by molar-refractivity contribution is 5.56. The van der Waals surface area contributed by atoms with E-state index < -0.39 is 0 Å². The van der Waals surface area contributed by atoms with Crippen LogP contribution in [-0.4, -0.2) is 39.3 Å². The molecule has 0 unspecified atom stereocenters. The molecule has 0 spiro atoms. The second kappa shape index (κ2) is 21.0. The number of hydrogen-bond acceptors (Lipinski definition) is 5. The number of benzene rings is 3. The summed E-state index contributed by atoms with van der Waals surface area (Å²) in [6.45, 7) is 14.7. The number of rotatable bonds is 22. The molecular weight excluding hydrogens is 562 g/mol. The number of nitriles is 2. The predicted molar refractivity (Wildman–Crippen MR) is 197 cm³/mol. The summed E-state index contributed by atoms with van der Waals surface area (Å²) in [6.07, 6.45) is 10.5. The van der Waals surface area contributed by atoms with Crippen molar-refractivity contribution < 1.29 is 0 Å². The maximum Gasteiger partial charge on any atom is 0.0640 e. The Kier molecular flexibility index (Phi) is 16.6. The van der Waals surface area contributed by atoms with Crippen molar-refractivity contribution in [1.29, 1.82) is 10.5 Å². The van der Waals surface area contributed by atoms with Crippen molar-refractivity contribution in [2.24, 2.45) is 0 Å². The smallest absolute Gasteiger partial charge is 0.0640 e. The second-order valence-corrected chi connectivity index (χ2v) is 12.4. The average molecular weight is 620 g/mol. The van der Waals surface area contributed by atoms with Crippen molar-refractivity contribution in [2.45, 2.75) is 97.8 Å². The van der Waals surface area contributed by atoms with Gasteiger partial charge in [0.1, 0.15) is 0 Å². The molecule has 5 heteroatoms. The Morgan fingerprint density at radius 2 is 0.696 bits per heavy atom. The van der Waals surface area contributed by atoms with Crippen molar-refractivity contribution in [3.8, 4) is 12.1 Å². The molecule has 0 aliphatic heterocycles. The Morgan fingerprint density at radius 3 is 0.935 bits per heavy atom. The van der Waals surface area contributed by atoms with E-state index in [4.69, 9.17) is 0 Å². The van der Waals surface area contributed by atoms with Gasteiger partial charge in [0.2, 0.25) is 0 Å². The summed E-state index contributed by atoms with van der Waals surface area (Å²) in [5.74, 6) is 0.100. The van der Waals surface area contributed by atoms with Gasteiger partial charge in [0.25, 0.3) is 0 Å². The molecule has 3 rings (SSSR count). The van der Waals surface area contributed by atoms with E-state index in [0.717, 1.165) is 31.9 Å². The lowest BCUT2D eigenvalue weighted by molar-refractivity contribution is 0.677. The summed E-state index contributed by atoms with van der Waals surface area (Å²) < 4.78 is 0. The van der Waals surface area contributed by atoms with Crippen LogP contribution >= 0.6 is 0 Å². The maximum absolute atomic E-state index is 9.19. The van der Waals surface area contributed by atoms with Crippen LogP contribution in [0, 0.1) is 22.7 Å². The molecular formula is C41H57N5. The third kappa shape index (κ3) is 11.1. The second-order valence-electron chi connectivity index (χ2n) is 12.4. The molecule has 3 aromatic rings. The third-order valence-electron chi connectivity index (χ3n) is 8.89. The summed E-state index contributed by atoms with van der Waals surface area (Å²) in [7, 11) is 0. The van der Waals surface area contributed by atoms with Gasteiger partial charge >= 0.3 is 0 Å². The molecule has 0 aliphatic carbocycles. The van der Waals surface area contributed by atoms with Crippen LogP contribution in [-0.2, 0) is 0 Å². The largest absolute Gasteiger partial charge is 0.372 e. The van der Waals surface area contributed by atoms with Gasteiger partial charge in [0.15, 0.2) is 0 Å². The minimum atomic E-state index is 0.100. The number of hydrogen-bond donors (Lipinski definition) is 0. The van der Waals surface area contributed by atoms with Crippen LogP contribution in [0.15, 0.2) is 72.8 Å². The van der Waals surface area contributed by atoms with Gasteiger partial charge < -0.3 is 14.7 Å². The molecule has 0 radical (unpaired) electrons. The fourth-order valence-electron chi connectivity index (χ4n) is 6.09. The zero-order chi connectivity index (χ0) is 33.0. The zero-order valence-corrected chi connectivity index (χ0v) is 29.1. The number of nitrogens with zero attached hydrogens (tertiary/aromatic N) is 5.